The van der Waals surface area contributed by atoms with Crippen molar-refractivity contribution in [1.82, 2.24) is 20.1 Å². The molecule has 0 amide bonds. The Labute approximate surface area is 119 Å². The van der Waals surface area contributed by atoms with E-state index in [4.69, 9.17) is 10.3 Å². The van der Waals surface area contributed by atoms with Gasteiger partial charge in [-0.15, -0.1) is 11.3 Å². The Bertz CT molecular complexity index is 721. The normalized spacial score (nSPS) is 10.9. The predicted octanol–water partition coefficient (Wildman–Crippen LogP) is 1.95. The van der Waals surface area contributed by atoms with Crippen molar-refractivity contribution in [2.24, 2.45) is 5.73 Å². The van der Waals surface area contributed by atoms with Crippen molar-refractivity contribution in [2.45, 2.75) is 19.9 Å². The third-order valence-electron chi connectivity index (χ3n) is 2.72. The van der Waals surface area contributed by atoms with Crippen LogP contribution in [0.3, 0.4) is 0 Å². The molecule has 0 aliphatic rings. The summed E-state index contributed by atoms with van der Waals surface area (Å²) in [6.45, 7) is 2.35. The lowest BCUT2D eigenvalue weighted by Crippen LogP contribution is -1.99. The summed E-state index contributed by atoms with van der Waals surface area (Å²) in [5.74, 6) is 1.10. The summed E-state index contributed by atoms with van der Waals surface area (Å²) in [4.78, 5) is 12.9. The maximum absolute atomic E-state index is 5.57. The summed E-state index contributed by atoms with van der Waals surface area (Å²) in [6.07, 6.45) is 2.27. The molecule has 0 saturated heterocycles. The van der Waals surface area contributed by atoms with E-state index in [0.29, 0.717) is 24.7 Å². The predicted molar refractivity (Wildman–Crippen MR) is 75.1 cm³/mol. The molecule has 102 valence electrons. The summed E-state index contributed by atoms with van der Waals surface area (Å²) in [5.41, 5.74) is 8.20. The van der Waals surface area contributed by atoms with E-state index in [0.717, 1.165) is 22.0 Å². The van der Waals surface area contributed by atoms with E-state index in [9.17, 15) is 0 Å². The lowest BCUT2D eigenvalue weighted by molar-refractivity contribution is 0.424. The number of aromatic nitrogens is 4. The van der Waals surface area contributed by atoms with Crippen molar-refractivity contribution >= 4 is 11.3 Å². The Morgan fingerprint density at radius 3 is 3.00 bits per heavy atom. The fourth-order valence-electron chi connectivity index (χ4n) is 1.79. The molecular formula is C13H13N5OS. The minimum absolute atomic E-state index is 0.382. The fourth-order valence-corrected chi connectivity index (χ4v) is 2.55. The number of nitrogens with zero attached hydrogens (tertiary/aromatic N) is 4. The third-order valence-corrected chi connectivity index (χ3v) is 3.68. The van der Waals surface area contributed by atoms with Gasteiger partial charge in [0.1, 0.15) is 5.01 Å². The van der Waals surface area contributed by atoms with Crippen molar-refractivity contribution in [1.29, 1.82) is 0 Å². The summed E-state index contributed by atoms with van der Waals surface area (Å²) < 4.78 is 5.28. The Kier molecular flexibility index (Phi) is 3.53. The first-order valence-electron chi connectivity index (χ1n) is 6.13. The first-order valence-corrected chi connectivity index (χ1v) is 7.01. The van der Waals surface area contributed by atoms with Crippen LogP contribution < -0.4 is 5.73 Å². The standard InChI is InChI=1S/C13H13N5OS/c1-8-7-20-12(16-8)5-11-17-13(19-18-11)9-2-3-15-10(4-9)6-14/h2-4,7H,5-6,14H2,1H3. The number of nitrogens with two attached hydrogens (primary N) is 1. The van der Waals surface area contributed by atoms with Gasteiger partial charge in [0.15, 0.2) is 5.82 Å². The van der Waals surface area contributed by atoms with Crippen LogP contribution in [0, 0.1) is 6.92 Å². The largest absolute Gasteiger partial charge is 0.334 e. The molecule has 3 heterocycles. The number of rotatable bonds is 4. The molecule has 0 atom stereocenters. The van der Waals surface area contributed by atoms with Crippen LogP contribution in [0.25, 0.3) is 11.5 Å². The second kappa shape index (κ2) is 5.48. The highest BCUT2D eigenvalue weighted by molar-refractivity contribution is 7.09. The zero-order valence-electron chi connectivity index (χ0n) is 10.9. The molecule has 0 saturated carbocycles. The Balaban J connectivity index is 1.82. The van der Waals surface area contributed by atoms with E-state index in [1.807, 2.05) is 24.4 Å². The first kappa shape index (κ1) is 12.9. The summed E-state index contributed by atoms with van der Waals surface area (Å²) in [7, 11) is 0. The number of aryl methyl sites for hydroxylation is 1. The minimum atomic E-state index is 0.382. The number of pyridine rings is 1. The van der Waals surface area contributed by atoms with E-state index >= 15 is 0 Å². The van der Waals surface area contributed by atoms with Gasteiger partial charge in [0, 0.05) is 29.4 Å². The van der Waals surface area contributed by atoms with Crippen LogP contribution in [-0.4, -0.2) is 20.1 Å². The van der Waals surface area contributed by atoms with E-state index < -0.39 is 0 Å². The van der Waals surface area contributed by atoms with Crippen molar-refractivity contribution in [3.63, 3.8) is 0 Å². The second-order valence-corrected chi connectivity index (χ2v) is 5.26. The molecule has 0 aliphatic carbocycles. The molecule has 0 fully saturated rings. The molecule has 3 aromatic heterocycles. The second-order valence-electron chi connectivity index (χ2n) is 4.32. The van der Waals surface area contributed by atoms with Gasteiger partial charge in [0.25, 0.3) is 5.89 Å². The average molecular weight is 287 g/mol. The van der Waals surface area contributed by atoms with Crippen LogP contribution in [0.1, 0.15) is 22.2 Å². The lowest BCUT2D eigenvalue weighted by atomic mass is 10.2. The minimum Gasteiger partial charge on any atom is -0.334 e. The molecule has 0 radical (unpaired) electrons. The Morgan fingerprint density at radius 1 is 1.35 bits per heavy atom. The SMILES string of the molecule is Cc1csc(Cc2noc(-c3ccnc(CN)c3)n2)n1. The molecule has 7 heteroatoms. The van der Waals surface area contributed by atoms with Gasteiger partial charge in [-0.25, -0.2) is 4.98 Å². The third kappa shape index (κ3) is 2.73. The van der Waals surface area contributed by atoms with Crippen molar-refractivity contribution < 1.29 is 4.52 Å². The van der Waals surface area contributed by atoms with Crippen LogP contribution >= 0.6 is 11.3 Å². The maximum atomic E-state index is 5.57. The quantitative estimate of drug-likeness (QED) is 0.788. The molecule has 0 bridgehead atoms. The van der Waals surface area contributed by atoms with Gasteiger partial charge in [-0.3, -0.25) is 4.98 Å². The Hall–Kier alpha value is -2.12. The Morgan fingerprint density at radius 2 is 2.25 bits per heavy atom. The number of thiazole rings is 1. The van der Waals surface area contributed by atoms with Crippen molar-refractivity contribution in [3.05, 3.63) is 45.9 Å². The summed E-state index contributed by atoms with van der Waals surface area (Å²) >= 11 is 1.60. The molecule has 0 unspecified atom stereocenters. The van der Waals surface area contributed by atoms with Crippen molar-refractivity contribution in [2.75, 3.05) is 0 Å². The van der Waals surface area contributed by atoms with Crippen LogP contribution in [0.2, 0.25) is 0 Å². The molecule has 6 nitrogen and oxygen atoms in total. The van der Waals surface area contributed by atoms with Crippen LogP contribution in [0.4, 0.5) is 0 Å². The van der Waals surface area contributed by atoms with Gasteiger partial charge in [-0.05, 0) is 19.1 Å². The lowest BCUT2D eigenvalue weighted by Gasteiger charge is -1.97. The van der Waals surface area contributed by atoms with E-state index in [1.165, 1.54) is 0 Å². The van der Waals surface area contributed by atoms with Crippen LogP contribution in [-0.2, 0) is 13.0 Å². The molecule has 3 rings (SSSR count). The van der Waals surface area contributed by atoms with Gasteiger partial charge in [0.2, 0.25) is 0 Å². The van der Waals surface area contributed by atoms with Gasteiger partial charge in [-0.2, -0.15) is 4.98 Å². The number of hydrogen-bond acceptors (Lipinski definition) is 7. The zero-order chi connectivity index (χ0) is 13.9. The van der Waals surface area contributed by atoms with Gasteiger partial charge < -0.3 is 10.3 Å². The molecule has 0 aliphatic heterocycles. The first-order chi connectivity index (χ1) is 9.74. The molecule has 3 aromatic rings. The van der Waals surface area contributed by atoms with Crippen LogP contribution in [0.15, 0.2) is 28.2 Å². The van der Waals surface area contributed by atoms with E-state index in [-0.39, 0.29) is 0 Å². The average Bonchev–Trinajstić information content (AvgIpc) is 3.09. The zero-order valence-corrected chi connectivity index (χ0v) is 11.7. The van der Waals surface area contributed by atoms with E-state index in [2.05, 4.69) is 20.1 Å². The molecule has 2 N–H and O–H groups in total. The summed E-state index contributed by atoms with van der Waals surface area (Å²) in [5, 5.41) is 6.97. The number of hydrogen-bond donors (Lipinski definition) is 1. The van der Waals surface area contributed by atoms with Gasteiger partial charge >= 0.3 is 0 Å². The smallest absolute Gasteiger partial charge is 0.258 e. The molecule has 0 aromatic carbocycles. The van der Waals surface area contributed by atoms with Crippen molar-refractivity contribution in [3.8, 4) is 11.5 Å². The molecule has 0 spiro atoms. The topological polar surface area (TPSA) is 90.7 Å². The van der Waals surface area contributed by atoms with E-state index in [1.54, 1.807) is 17.5 Å². The molecular weight excluding hydrogens is 274 g/mol. The fraction of sp³-hybridized carbons (Fsp3) is 0.231. The maximum Gasteiger partial charge on any atom is 0.258 e. The monoisotopic (exact) mass is 287 g/mol. The van der Waals surface area contributed by atoms with Gasteiger partial charge in [-0.1, -0.05) is 5.16 Å². The van der Waals surface area contributed by atoms with Crippen LogP contribution in [0.5, 0.6) is 0 Å². The summed E-state index contributed by atoms with van der Waals surface area (Å²) in [6, 6.07) is 3.68. The highest BCUT2D eigenvalue weighted by atomic mass is 32.1. The highest BCUT2D eigenvalue weighted by Gasteiger charge is 2.11. The molecule has 20 heavy (non-hydrogen) atoms. The highest BCUT2D eigenvalue weighted by Crippen LogP contribution is 2.19. The van der Waals surface area contributed by atoms with Gasteiger partial charge in [0.05, 0.1) is 12.1 Å².